The number of likely N-dealkylation sites (tertiary alicyclic amines) is 1. The maximum atomic E-state index is 14.5. The Morgan fingerprint density at radius 3 is 2.53 bits per heavy atom. The molecule has 190 valence electrons. The third kappa shape index (κ3) is 5.09. The average molecular weight is 510 g/mol. The molecule has 36 heavy (non-hydrogen) atoms. The zero-order valence-corrected chi connectivity index (χ0v) is 18.4. The van der Waals surface area contributed by atoms with E-state index in [9.17, 15) is 36.3 Å². The number of hydrogen-bond donors (Lipinski definition) is 2. The smallest absolute Gasteiger partial charge is 0.403 e. The van der Waals surface area contributed by atoms with E-state index in [1.54, 1.807) is 24.3 Å². The summed E-state index contributed by atoms with van der Waals surface area (Å²) in [4.78, 5) is 38.6. The van der Waals surface area contributed by atoms with E-state index < -0.39 is 60.2 Å². The molecule has 3 aromatic rings. The molecule has 3 amide bonds. The number of carbonyl (C=O) groups excluding carboxylic acids is 3. The van der Waals surface area contributed by atoms with Gasteiger partial charge in [0, 0.05) is 18.0 Å². The van der Waals surface area contributed by atoms with E-state index in [1.807, 2.05) is 0 Å². The molecule has 2 heterocycles. The summed E-state index contributed by atoms with van der Waals surface area (Å²) in [6.45, 7) is -0.412. The SMILES string of the molecule is NC(=O)n1cc(CC(=O)N2C[C@H](F)C[C@H]2C(=O)Nc2cccc(OC(F)(F)F)c2F)c2ccccc21. The van der Waals surface area contributed by atoms with Crippen molar-refractivity contribution in [3.63, 3.8) is 0 Å². The number of benzene rings is 2. The van der Waals surface area contributed by atoms with E-state index in [0.29, 0.717) is 16.5 Å². The Labute approximate surface area is 200 Å². The van der Waals surface area contributed by atoms with Gasteiger partial charge in [-0.2, -0.15) is 0 Å². The van der Waals surface area contributed by atoms with Crippen LogP contribution in [0.3, 0.4) is 0 Å². The van der Waals surface area contributed by atoms with Crippen LogP contribution in [-0.4, -0.2) is 52.4 Å². The molecule has 0 bridgehead atoms. The third-order valence-electron chi connectivity index (χ3n) is 5.69. The van der Waals surface area contributed by atoms with Crippen LogP contribution in [0.15, 0.2) is 48.7 Å². The lowest BCUT2D eigenvalue weighted by molar-refractivity contribution is -0.275. The fraction of sp³-hybridized carbons (Fsp3) is 0.261. The van der Waals surface area contributed by atoms with Gasteiger partial charge in [-0.05, 0) is 23.8 Å². The van der Waals surface area contributed by atoms with Gasteiger partial charge in [0.15, 0.2) is 11.6 Å². The molecule has 0 aliphatic carbocycles. The van der Waals surface area contributed by atoms with Crippen molar-refractivity contribution in [2.24, 2.45) is 5.73 Å². The third-order valence-corrected chi connectivity index (χ3v) is 5.69. The van der Waals surface area contributed by atoms with Gasteiger partial charge in [-0.3, -0.25) is 14.2 Å². The largest absolute Gasteiger partial charge is 0.573 e. The number of nitrogens with one attached hydrogen (secondary N) is 1. The minimum absolute atomic E-state index is 0.291. The highest BCUT2D eigenvalue weighted by Gasteiger charge is 2.40. The number of nitrogens with two attached hydrogens (primary N) is 1. The lowest BCUT2D eigenvalue weighted by atomic mass is 10.1. The fourth-order valence-corrected chi connectivity index (χ4v) is 4.17. The van der Waals surface area contributed by atoms with Crippen molar-refractivity contribution in [2.45, 2.75) is 31.4 Å². The molecule has 1 aromatic heterocycles. The van der Waals surface area contributed by atoms with Crippen molar-refractivity contribution < 1.29 is 41.1 Å². The van der Waals surface area contributed by atoms with Crippen molar-refractivity contribution in [3.8, 4) is 5.75 Å². The molecule has 1 saturated heterocycles. The summed E-state index contributed by atoms with van der Waals surface area (Å²) in [5.41, 5.74) is 5.63. The summed E-state index contributed by atoms with van der Waals surface area (Å²) >= 11 is 0. The van der Waals surface area contributed by atoms with E-state index in [0.717, 1.165) is 27.7 Å². The normalized spacial score (nSPS) is 17.9. The van der Waals surface area contributed by atoms with Crippen LogP contribution in [0.1, 0.15) is 12.0 Å². The molecule has 3 N–H and O–H groups in total. The Bertz CT molecular complexity index is 1340. The van der Waals surface area contributed by atoms with Crippen LogP contribution in [0.25, 0.3) is 10.9 Å². The van der Waals surface area contributed by atoms with Crippen molar-refractivity contribution in [1.82, 2.24) is 9.47 Å². The quantitative estimate of drug-likeness (QED) is 0.511. The lowest BCUT2D eigenvalue weighted by Gasteiger charge is -2.24. The fourth-order valence-electron chi connectivity index (χ4n) is 4.17. The summed E-state index contributed by atoms with van der Waals surface area (Å²) in [5.74, 6) is -4.26. The van der Waals surface area contributed by atoms with E-state index in [4.69, 9.17) is 5.73 Å². The van der Waals surface area contributed by atoms with E-state index in [2.05, 4.69) is 10.1 Å². The van der Waals surface area contributed by atoms with Crippen LogP contribution >= 0.6 is 0 Å². The van der Waals surface area contributed by atoms with Gasteiger partial charge in [-0.25, -0.2) is 13.6 Å². The molecule has 0 unspecified atom stereocenters. The molecule has 4 rings (SSSR count). The molecule has 2 atom stereocenters. The number of amides is 3. The highest BCUT2D eigenvalue weighted by Crippen LogP contribution is 2.31. The standard InChI is InChI=1S/C23H19F5N4O4/c24-13-9-17(21(34)30-15-5-3-7-18(20(15)25)36-23(26,27)28)31(11-13)19(33)8-12-10-32(22(29)35)16-6-2-1-4-14(12)16/h1-7,10,13,17H,8-9,11H2,(H2,29,35)(H,30,34)/t13-,17+/m1/s1. The molecule has 1 aliphatic heterocycles. The molecule has 1 aliphatic rings. The van der Waals surface area contributed by atoms with Crippen molar-refractivity contribution in [3.05, 3.63) is 60.0 Å². The number of halogens is 5. The minimum Gasteiger partial charge on any atom is -0.403 e. The van der Waals surface area contributed by atoms with Gasteiger partial charge in [0.05, 0.1) is 24.2 Å². The van der Waals surface area contributed by atoms with Gasteiger partial charge in [-0.1, -0.05) is 24.3 Å². The Balaban J connectivity index is 1.54. The van der Waals surface area contributed by atoms with Crippen molar-refractivity contribution >= 4 is 34.4 Å². The number of nitrogens with zero attached hydrogens (tertiary/aromatic N) is 2. The number of para-hydroxylation sites is 1. The Kier molecular flexibility index (Phi) is 6.57. The van der Waals surface area contributed by atoms with Crippen LogP contribution in [0, 0.1) is 5.82 Å². The number of hydrogen-bond acceptors (Lipinski definition) is 4. The number of ether oxygens (including phenoxy) is 1. The summed E-state index contributed by atoms with van der Waals surface area (Å²) in [5, 5.41) is 2.67. The molecule has 8 nitrogen and oxygen atoms in total. The van der Waals surface area contributed by atoms with Crippen molar-refractivity contribution in [2.75, 3.05) is 11.9 Å². The monoisotopic (exact) mass is 510 g/mol. The summed E-state index contributed by atoms with van der Waals surface area (Å²) < 4.78 is 70.9. The maximum Gasteiger partial charge on any atom is 0.573 e. The molecule has 0 spiro atoms. The number of anilines is 1. The highest BCUT2D eigenvalue weighted by molar-refractivity contribution is 5.99. The zero-order valence-electron chi connectivity index (χ0n) is 18.4. The molecule has 2 aromatic carbocycles. The minimum atomic E-state index is -5.16. The van der Waals surface area contributed by atoms with E-state index >= 15 is 0 Å². The molecular formula is C23H19F5N4O4. The average Bonchev–Trinajstić information content (AvgIpc) is 3.37. The predicted octanol–water partition coefficient (Wildman–Crippen LogP) is 3.73. The number of primary amides is 1. The second-order valence-corrected chi connectivity index (χ2v) is 8.11. The van der Waals surface area contributed by atoms with Gasteiger partial charge in [0.25, 0.3) is 0 Å². The van der Waals surface area contributed by atoms with Crippen LogP contribution in [0.2, 0.25) is 0 Å². The number of rotatable bonds is 5. The number of carbonyl (C=O) groups is 3. The van der Waals surface area contributed by atoms with Gasteiger partial charge >= 0.3 is 12.4 Å². The first kappa shape index (κ1) is 24.9. The predicted molar refractivity (Wildman–Crippen MR) is 117 cm³/mol. The van der Waals surface area contributed by atoms with Crippen molar-refractivity contribution in [1.29, 1.82) is 0 Å². The van der Waals surface area contributed by atoms with E-state index in [1.165, 1.54) is 6.20 Å². The molecule has 13 heteroatoms. The van der Waals surface area contributed by atoms with Crippen LogP contribution in [0.5, 0.6) is 5.75 Å². The maximum absolute atomic E-state index is 14.5. The van der Waals surface area contributed by atoms with Gasteiger partial charge in [0.2, 0.25) is 11.8 Å². The second kappa shape index (κ2) is 9.47. The molecule has 0 radical (unpaired) electrons. The molecule has 0 saturated carbocycles. The number of aromatic nitrogens is 1. The van der Waals surface area contributed by atoms with Crippen LogP contribution < -0.4 is 15.8 Å². The van der Waals surface area contributed by atoms with E-state index in [-0.39, 0.29) is 12.8 Å². The zero-order chi connectivity index (χ0) is 26.2. The Hall–Kier alpha value is -4.16. The first-order valence-corrected chi connectivity index (χ1v) is 10.6. The van der Waals surface area contributed by atoms with Gasteiger partial charge < -0.3 is 20.7 Å². The molecule has 1 fully saturated rings. The second-order valence-electron chi connectivity index (χ2n) is 8.11. The molecular weight excluding hydrogens is 491 g/mol. The summed E-state index contributed by atoms with van der Waals surface area (Å²) in [7, 11) is 0. The number of alkyl halides is 4. The summed E-state index contributed by atoms with van der Waals surface area (Å²) in [6.07, 6.45) is -6.01. The van der Waals surface area contributed by atoms with Crippen LogP contribution in [0.4, 0.5) is 32.4 Å². The van der Waals surface area contributed by atoms with Gasteiger partial charge in [-0.15, -0.1) is 13.2 Å². The Morgan fingerprint density at radius 2 is 1.83 bits per heavy atom. The Morgan fingerprint density at radius 1 is 1.11 bits per heavy atom. The van der Waals surface area contributed by atoms with Gasteiger partial charge in [0.1, 0.15) is 12.2 Å². The highest BCUT2D eigenvalue weighted by atomic mass is 19.4. The first-order chi connectivity index (χ1) is 16.9. The first-order valence-electron chi connectivity index (χ1n) is 10.6. The summed E-state index contributed by atoms with van der Waals surface area (Å²) in [6, 6.07) is 7.31. The van der Waals surface area contributed by atoms with Crippen LogP contribution in [-0.2, 0) is 16.0 Å². The number of fused-ring (bicyclic) bond motifs is 1. The lowest BCUT2D eigenvalue weighted by Crippen LogP contribution is -2.44. The topological polar surface area (TPSA) is 107 Å².